The quantitative estimate of drug-likeness (QED) is 0.793. The van der Waals surface area contributed by atoms with Crippen molar-refractivity contribution in [3.63, 3.8) is 0 Å². The smallest absolute Gasteiger partial charge is 0.260 e. The van der Waals surface area contributed by atoms with Crippen molar-refractivity contribution in [3.05, 3.63) is 24.4 Å². The molecule has 3 N–H and O–H groups in total. The van der Waals surface area contributed by atoms with Gasteiger partial charge >= 0.3 is 0 Å². The van der Waals surface area contributed by atoms with Crippen LogP contribution >= 0.6 is 0 Å². The Labute approximate surface area is 119 Å². The lowest BCUT2D eigenvalue weighted by Gasteiger charge is -2.08. The first kappa shape index (κ1) is 14.8. The van der Waals surface area contributed by atoms with E-state index in [1.807, 2.05) is 0 Å². The van der Waals surface area contributed by atoms with Crippen molar-refractivity contribution >= 4 is 21.5 Å². The Morgan fingerprint density at radius 1 is 1.40 bits per heavy atom. The lowest BCUT2D eigenvalue weighted by molar-refractivity contribution is 0.538. The Hall–Kier alpha value is -1.60. The van der Waals surface area contributed by atoms with Gasteiger partial charge in [-0.25, -0.2) is 18.1 Å². The zero-order chi connectivity index (χ0) is 14.8. The molecule has 0 bridgehead atoms. The van der Waals surface area contributed by atoms with Gasteiger partial charge in [0.15, 0.2) is 10.8 Å². The predicted octanol–water partition coefficient (Wildman–Crippen LogP) is 1.63. The summed E-state index contributed by atoms with van der Waals surface area (Å²) in [5.41, 5.74) is 6.26. The largest absolute Gasteiger partial charge is 0.381 e. The lowest BCUT2D eigenvalue weighted by Crippen LogP contribution is -2.27. The molecule has 2 aromatic rings. The first-order chi connectivity index (χ1) is 9.42. The van der Waals surface area contributed by atoms with Crippen molar-refractivity contribution in [2.45, 2.75) is 31.7 Å². The maximum atomic E-state index is 12.3. The minimum atomic E-state index is -3.65. The number of rotatable bonds is 6. The van der Waals surface area contributed by atoms with E-state index in [9.17, 15) is 8.42 Å². The summed E-state index contributed by atoms with van der Waals surface area (Å²) >= 11 is 0. The average molecular weight is 296 g/mol. The number of nitrogens with two attached hydrogens (primary N) is 1. The van der Waals surface area contributed by atoms with E-state index in [0.29, 0.717) is 18.1 Å². The molecule has 0 aliphatic rings. The predicted molar refractivity (Wildman–Crippen MR) is 78.9 cm³/mol. The highest BCUT2D eigenvalue weighted by Crippen LogP contribution is 2.19. The summed E-state index contributed by atoms with van der Waals surface area (Å²) < 4.78 is 28.7. The number of hydrogen-bond acceptors (Lipinski definition) is 4. The van der Waals surface area contributed by atoms with E-state index < -0.39 is 10.0 Å². The first-order valence-corrected chi connectivity index (χ1v) is 8.12. The second-order valence-electron chi connectivity index (χ2n) is 5.16. The molecule has 20 heavy (non-hydrogen) atoms. The Bertz CT molecular complexity index is 691. The standard InChI is InChI=1S/C13H20N4O2S/c1-10(2)6-5-8-15-20(18,19)13-12(14)16-11-7-3-4-9-17(11)13/h3-4,7,9-10,15H,5-6,8,14H2,1-2H3. The van der Waals surface area contributed by atoms with E-state index in [4.69, 9.17) is 5.73 Å². The van der Waals surface area contributed by atoms with Crippen LogP contribution in [0.25, 0.3) is 5.65 Å². The fourth-order valence-corrected chi connectivity index (χ4v) is 3.33. The van der Waals surface area contributed by atoms with Crippen molar-refractivity contribution in [1.29, 1.82) is 0 Å². The Balaban J connectivity index is 2.21. The number of pyridine rings is 1. The molecule has 2 heterocycles. The van der Waals surface area contributed by atoms with Gasteiger partial charge in [-0.05, 0) is 30.9 Å². The van der Waals surface area contributed by atoms with E-state index in [-0.39, 0.29) is 10.8 Å². The lowest BCUT2D eigenvalue weighted by atomic mass is 10.1. The van der Waals surface area contributed by atoms with Gasteiger partial charge in [-0.15, -0.1) is 0 Å². The maximum Gasteiger partial charge on any atom is 0.260 e. The number of aromatic nitrogens is 2. The summed E-state index contributed by atoms with van der Waals surface area (Å²) in [6.45, 7) is 4.62. The third kappa shape index (κ3) is 3.10. The molecule has 0 spiro atoms. The van der Waals surface area contributed by atoms with Crippen LogP contribution in [0.2, 0.25) is 0 Å². The number of nitrogens with zero attached hydrogens (tertiary/aromatic N) is 2. The SMILES string of the molecule is CC(C)CCCNS(=O)(=O)c1c(N)nc2ccccn12. The molecular formula is C13H20N4O2S. The number of hydrogen-bond donors (Lipinski definition) is 2. The van der Waals surface area contributed by atoms with Crippen molar-refractivity contribution in [2.75, 3.05) is 12.3 Å². The summed E-state index contributed by atoms with van der Waals surface area (Å²) in [7, 11) is -3.65. The molecular weight excluding hydrogens is 276 g/mol. The summed E-state index contributed by atoms with van der Waals surface area (Å²) in [5.74, 6) is 0.577. The molecule has 0 radical (unpaired) electrons. The highest BCUT2D eigenvalue weighted by Gasteiger charge is 2.23. The molecule has 0 aliphatic carbocycles. The number of imidazole rings is 1. The monoisotopic (exact) mass is 296 g/mol. The van der Waals surface area contributed by atoms with E-state index in [2.05, 4.69) is 23.6 Å². The topological polar surface area (TPSA) is 89.5 Å². The molecule has 0 amide bonds. The zero-order valence-corrected chi connectivity index (χ0v) is 12.5. The van der Waals surface area contributed by atoms with Crippen LogP contribution in [0.3, 0.4) is 0 Å². The maximum absolute atomic E-state index is 12.3. The van der Waals surface area contributed by atoms with Gasteiger partial charge in [0.25, 0.3) is 10.0 Å². The van der Waals surface area contributed by atoms with E-state index in [1.54, 1.807) is 24.4 Å². The van der Waals surface area contributed by atoms with Gasteiger partial charge < -0.3 is 5.73 Å². The number of sulfonamides is 1. The van der Waals surface area contributed by atoms with Crippen molar-refractivity contribution in [3.8, 4) is 0 Å². The molecule has 0 aliphatic heterocycles. The van der Waals surface area contributed by atoms with Crippen LogP contribution in [0.1, 0.15) is 26.7 Å². The fraction of sp³-hybridized carbons (Fsp3) is 0.462. The molecule has 110 valence electrons. The minimum absolute atomic E-state index is 0.0117. The second-order valence-corrected chi connectivity index (χ2v) is 6.85. The van der Waals surface area contributed by atoms with E-state index >= 15 is 0 Å². The number of anilines is 1. The number of nitrogen functional groups attached to an aromatic ring is 1. The van der Waals surface area contributed by atoms with Gasteiger partial charge in [0.2, 0.25) is 0 Å². The zero-order valence-electron chi connectivity index (χ0n) is 11.7. The molecule has 0 fully saturated rings. The highest BCUT2D eigenvalue weighted by atomic mass is 32.2. The molecule has 6 nitrogen and oxygen atoms in total. The molecule has 0 saturated carbocycles. The number of fused-ring (bicyclic) bond motifs is 1. The van der Waals surface area contributed by atoms with Gasteiger partial charge in [-0.2, -0.15) is 0 Å². The number of nitrogens with one attached hydrogen (secondary N) is 1. The van der Waals surface area contributed by atoms with E-state index in [1.165, 1.54) is 4.40 Å². The molecule has 2 rings (SSSR count). The van der Waals surface area contributed by atoms with Crippen LogP contribution < -0.4 is 10.5 Å². The van der Waals surface area contributed by atoms with E-state index in [0.717, 1.165) is 12.8 Å². The second kappa shape index (κ2) is 5.80. The van der Waals surface area contributed by atoms with Crippen LogP contribution in [0, 0.1) is 5.92 Å². The Morgan fingerprint density at radius 3 is 2.85 bits per heavy atom. The fourth-order valence-electron chi connectivity index (χ4n) is 2.04. The van der Waals surface area contributed by atoms with Crippen molar-refractivity contribution < 1.29 is 8.42 Å². The van der Waals surface area contributed by atoms with Crippen LogP contribution in [0.15, 0.2) is 29.4 Å². The summed E-state index contributed by atoms with van der Waals surface area (Å²) in [5, 5.41) is 0.0117. The summed E-state index contributed by atoms with van der Waals surface area (Å²) in [6.07, 6.45) is 3.42. The van der Waals surface area contributed by atoms with Gasteiger partial charge in [0.1, 0.15) is 5.65 Å². The average Bonchev–Trinajstić information content (AvgIpc) is 2.71. The molecule has 2 aromatic heterocycles. The van der Waals surface area contributed by atoms with Gasteiger partial charge in [0.05, 0.1) is 0 Å². The molecule has 0 atom stereocenters. The third-order valence-electron chi connectivity index (χ3n) is 3.02. The highest BCUT2D eigenvalue weighted by molar-refractivity contribution is 7.89. The van der Waals surface area contributed by atoms with Crippen LogP contribution in [0.5, 0.6) is 0 Å². The molecule has 0 unspecified atom stereocenters. The van der Waals surface area contributed by atoms with Crippen molar-refractivity contribution in [1.82, 2.24) is 14.1 Å². The third-order valence-corrected chi connectivity index (χ3v) is 4.52. The molecule has 7 heteroatoms. The van der Waals surface area contributed by atoms with Crippen LogP contribution in [0.4, 0.5) is 5.82 Å². The molecule has 0 saturated heterocycles. The van der Waals surface area contributed by atoms with Gasteiger partial charge in [-0.1, -0.05) is 19.9 Å². The first-order valence-electron chi connectivity index (χ1n) is 6.64. The normalized spacial score (nSPS) is 12.3. The van der Waals surface area contributed by atoms with Gasteiger partial charge in [0, 0.05) is 12.7 Å². The van der Waals surface area contributed by atoms with Crippen molar-refractivity contribution in [2.24, 2.45) is 5.92 Å². The Morgan fingerprint density at radius 2 is 2.15 bits per heavy atom. The minimum Gasteiger partial charge on any atom is -0.381 e. The Kier molecular flexibility index (Phi) is 4.29. The summed E-state index contributed by atoms with van der Waals surface area (Å²) in [6, 6.07) is 5.24. The van der Waals surface area contributed by atoms with Crippen LogP contribution in [-0.2, 0) is 10.0 Å². The van der Waals surface area contributed by atoms with Gasteiger partial charge in [-0.3, -0.25) is 4.40 Å². The van der Waals surface area contributed by atoms with Crippen LogP contribution in [-0.4, -0.2) is 24.3 Å². The summed E-state index contributed by atoms with van der Waals surface area (Å²) in [4.78, 5) is 4.06. The molecule has 0 aromatic carbocycles.